The molecule has 4 rings (SSSR count). The second-order valence-corrected chi connectivity index (χ2v) is 8.77. The highest BCUT2D eigenvalue weighted by molar-refractivity contribution is 5.85. The monoisotopic (exact) mass is 428 g/mol. The summed E-state index contributed by atoms with van der Waals surface area (Å²) in [6.45, 7) is 7.22. The number of carbonyl (C=O) groups is 2. The molecule has 0 unspecified atom stereocenters. The lowest BCUT2D eigenvalue weighted by atomic mass is 10.0. The first kappa shape index (κ1) is 21.6. The molecule has 1 aromatic carbocycles. The maximum Gasteiger partial charge on any atom is 0.405 e. The van der Waals surface area contributed by atoms with Gasteiger partial charge in [-0.25, -0.2) is 4.79 Å². The van der Waals surface area contributed by atoms with Crippen LogP contribution in [0.2, 0.25) is 0 Å². The minimum atomic E-state index is -0.926. The number of amides is 2. The molecule has 2 amide bonds. The van der Waals surface area contributed by atoms with Crippen LogP contribution in [0, 0.1) is 6.92 Å². The van der Waals surface area contributed by atoms with E-state index in [0.717, 1.165) is 48.2 Å². The van der Waals surface area contributed by atoms with Crippen molar-refractivity contribution in [3.8, 4) is 0 Å². The van der Waals surface area contributed by atoms with Crippen LogP contribution in [0.15, 0.2) is 18.3 Å². The molecule has 0 spiro atoms. The Morgan fingerprint density at radius 1 is 1.19 bits per heavy atom. The molecule has 9 heteroatoms. The first-order valence-corrected chi connectivity index (χ1v) is 11.0. The minimum Gasteiger partial charge on any atom is -0.436 e. The highest BCUT2D eigenvalue weighted by Crippen LogP contribution is 2.21. The summed E-state index contributed by atoms with van der Waals surface area (Å²) in [5.41, 5.74) is 8.20. The van der Waals surface area contributed by atoms with Crippen molar-refractivity contribution >= 4 is 22.9 Å². The Balaban J connectivity index is 1.40. The van der Waals surface area contributed by atoms with Crippen LogP contribution in [0.5, 0.6) is 0 Å². The van der Waals surface area contributed by atoms with E-state index in [0.29, 0.717) is 25.6 Å². The number of primary amides is 1. The van der Waals surface area contributed by atoms with Gasteiger partial charge in [-0.3, -0.25) is 14.8 Å². The van der Waals surface area contributed by atoms with Crippen molar-refractivity contribution in [2.24, 2.45) is 5.73 Å². The number of fused-ring (bicyclic) bond motifs is 1. The first-order valence-electron chi connectivity index (χ1n) is 11.0. The molecule has 168 valence electrons. The summed E-state index contributed by atoms with van der Waals surface area (Å²) in [6, 6.07) is 4.55. The van der Waals surface area contributed by atoms with Crippen LogP contribution >= 0.6 is 0 Å². The second-order valence-electron chi connectivity index (χ2n) is 8.77. The molecule has 2 aliphatic rings. The van der Waals surface area contributed by atoms with Crippen molar-refractivity contribution in [2.45, 2.75) is 38.3 Å². The molecule has 3 N–H and O–H groups in total. The second kappa shape index (κ2) is 9.23. The van der Waals surface area contributed by atoms with E-state index in [1.807, 2.05) is 24.0 Å². The van der Waals surface area contributed by atoms with Crippen LogP contribution in [-0.2, 0) is 16.0 Å². The SMILES string of the molecule is Cc1cc(C[C@@H](OC(N)=O)C(=O)N2CCN(C3CCN(C)CC3)CC2)cc2cn[nH]c12. The number of carbonyl (C=O) groups excluding carboxylic acids is 2. The number of H-pyrrole nitrogens is 1. The smallest absolute Gasteiger partial charge is 0.405 e. The molecule has 0 bridgehead atoms. The van der Waals surface area contributed by atoms with Gasteiger partial charge in [0.1, 0.15) is 0 Å². The van der Waals surface area contributed by atoms with E-state index >= 15 is 0 Å². The van der Waals surface area contributed by atoms with E-state index in [2.05, 4.69) is 27.0 Å². The number of aromatic nitrogens is 2. The van der Waals surface area contributed by atoms with Crippen LogP contribution < -0.4 is 5.73 Å². The summed E-state index contributed by atoms with van der Waals surface area (Å²) in [6.07, 6.45) is 2.54. The third kappa shape index (κ3) is 4.99. The average molecular weight is 429 g/mol. The molecule has 2 saturated heterocycles. The van der Waals surface area contributed by atoms with Crippen LogP contribution in [0.4, 0.5) is 4.79 Å². The van der Waals surface area contributed by atoms with Gasteiger partial charge in [0.05, 0.1) is 11.7 Å². The number of nitrogens with one attached hydrogen (secondary N) is 1. The third-order valence-electron chi connectivity index (χ3n) is 6.59. The zero-order chi connectivity index (χ0) is 22.0. The number of ether oxygens (including phenoxy) is 1. The van der Waals surface area contributed by atoms with Crippen molar-refractivity contribution in [3.63, 3.8) is 0 Å². The summed E-state index contributed by atoms with van der Waals surface area (Å²) in [5.74, 6) is -0.174. The Labute approximate surface area is 182 Å². The number of piperazine rings is 1. The fraction of sp³-hybridized carbons (Fsp3) is 0.591. The predicted molar refractivity (Wildman–Crippen MR) is 118 cm³/mol. The Bertz CT molecular complexity index is 928. The molecular weight excluding hydrogens is 396 g/mol. The largest absolute Gasteiger partial charge is 0.436 e. The van der Waals surface area contributed by atoms with Crippen molar-refractivity contribution in [1.29, 1.82) is 0 Å². The van der Waals surface area contributed by atoms with Crippen LogP contribution in [-0.4, -0.2) is 95.4 Å². The molecule has 2 aromatic rings. The maximum absolute atomic E-state index is 13.2. The van der Waals surface area contributed by atoms with Crippen molar-refractivity contribution in [1.82, 2.24) is 24.9 Å². The number of piperidine rings is 1. The van der Waals surface area contributed by atoms with Gasteiger partial charge in [0.2, 0.25) is 0 Å². The van der Waals surface area contributed by atoms with Gasteiger partial charge >= 0.3 is 6.09 Å². The van der Waals surface area contributed by atoms with Gasteiger partial charge in [-0.15, -0.1) is 0 Å². The molecule has 1 aromatic heterocycles. The van der Waals surface area contributed by atoms with Crippen LogP contribution in [0.3, 0.4) is 0 Å². The molecule has 0 aliphatic carbocycles. The van der Waals surface area contributed by atoms with Gasteiger partial charge in [-0.1, -0.05) is 6.07 Å². The number of rotatable bonds is 5. The number of nitrogens with zero attached hydrogens (tertiary/aromatic N) is 4. The van der Waals surface area contributed by atoms with E-state index in [-0.39, 0.29) is 5.91 Å². The van der Waals surface area contributed by atoms with Gasteiger partial charge in [0, 0.05) is 44.0 Å². The summed E-state index contributed by atoms with van der Waals surface area (Å²) in [5, 5.41) is 8.01. The number of nitrogens with two attached hydrogens (primary N) is 1. The van der Waals surface area contributed by atoms with Crippen LogP contribution in [0.1, 0.15) is 24.0 Å². The summed E-state index contributed by atoms with van der Waals surface area (Å²) < 4.78 is 5.26. The summed E-state index contributed by atoms with van der Waals surface area (Å²) in [7, 11) is 2.16. The molecule has 31 heavy (non-hydrogen) atoms. The fourth-order valence-electron chi connectivity index (χ4n) is 4.84. The zero-order valence-electron chi connectivity index (χ0n) is 18.3. The quantitative estimate of drug-likeness (QED) is 0.739. The van der Waals surface area contributed by atoms with E-state index in [4.69, 9.17) is 10.5 Å². The van der Waals surface area contributed by atoms with E-state index in [1.165, 1.54) is 12.8 Å². The fourth-order valence-corrected chi connectivity index (χ4v) is 4.84. The highest BCUT2D eigenvalue weighted by Gasteiger charge is 2.32. The van der Waals surface area contributed by atoms with E-state index in [1.54, 1.807) is 6.20 Å². The van der Waals surface area contributed by atoms with Gasteiger partial charge in [0.25, 0.3) is 5.91 Å². The van der Waals surface area contributed by atoms with Gasteiger partial charge < -0.3 is 20.3 Å². The number of likely N-dealkylation sites (tertiary alicyclic amines) is 1. The maximum atomic E-state index is 13.2. The molecule has 9 nitrogen and oxygen atoms in total. The number of hydrogen-bond acceptors (Lipinski definition) is 6. The number of benzene rings is 1. The Morgan fingerprint density at radius 2 is 1.90 bits per heavy atom. The van der Waals surface area contributed by atoms with Crippen molar-refractivity contribution in [3.05, 3.63) is 29.5 Å². The minimum absolute atomic E-state index is 0.174. The standard InChI is InChI=1S/C22H32N6O3/c1-15-11-16(12-17-14-24-25-20(15)17)13-19(31-22(23)30)21(29)28-9-7-27(8-10-28)18-3-5-26(2)6-4-18/h11-12,14,18-19H,3-10,13H2,1-2H3,(H2,23,30)(H,24,25)/t19-/m1/s1. The number of aryl methyl sites for hydroxylation is 1. The van der Waals surface area contributed by atoms with Gasteiger partial charge in [-0.2, -0.15) is 5.10 Å². The van der Waals surface area contributed by atoms with Gasteiger partial charge in [0.15, 0.2) is 6.10 Å². The Morgan fingerprint density at radius 3 is 2.58 bits per heavy atom. The Hall–Kier alpha value is -2.65. The lowest BCUT2D eigenvalue weighted by molar-refractivity contribution is -0.142. The lowest BCUT2D eigenvalue weighted by Crippen LogP contribution is -2.56. The van der Waals surface area contributed by atoms with E-state index in [9.17, 15) is 9.59 Å². The van der Waals surface area contributed by atoms with Crippen molar-refractivity contribution in [2.75, 3.05) is 46.3 Å². The molecule has 3 heterocycles. The first-order chi connectivity index (χ1) is 14.9. The molecular formula is C22H32N6O3. The number of aromatic amines is 1. The molecule has 0 radical (unpaired) electrons. The summed E-state index contributed by atoms with van der Waals surface area (Å²) in [4.78, 5) is 31.4. The zero-order valence-corrected chi connectivity index (χ0v) is 18.3. The van der Waals surface area contributed by atoms with Crippen molar-refractivity contribution < 1.29 is 14.3 Å². The Kier molecular flexibility index (Phi) is 6.43. The predicted octanol–water partition coefficient (Wildman–Crippen LogP) is 1.12. The van der Waals surface area contributed by atoms with Crippen LogP contribution in [0.25, 0.3) is 10.9 Å². The highest BCUT2D eigenvalue weighted by atomic mass is 16.6. The molecule has 1 atom stereocenters. The molecule has 0 saturated carbocycles. The molecule has 2 aliphatic heterocycles. The lowest BCUT2D eigenvalue weighted by Gasteiger charge is -2.42. The normalized spacial score (nSPS) is 20.1. The third-order valence-corrected chi connectivity index (χ3v) is 6.59. The average Bonchev–Trinajstić information content (AvgIpc) is 3.22. The molecule has 2 fully saturated rings. The topological polar surface area (TPSA) is 108 Å². The number of hydrogen-bond donors (Lipinski definition) is 2. The van der Waals surface area contributed by atoms with Gasteiger partial charge in [-0.05, 0) is 57.1 Å². The summed E-state index contributed by atoms with van der Waals surface area (Å²) >= 11 is 0. The van der Waals surface area contributed by atoms with E-state index < -0.39 is 12.2 Å².